The van der Waals surface area contributed by atoms with Gasteiger partial charge < -0.3 is 20.1 Å². The number of likely N-dealkylation sites (N-methyl/N-ethyl adjacent to an activating group) is 1. The van der Waals surface area contributed by atoms with Gasteiger partial charge in [-0.05, 0) is 53.5 Å². The van der Waals surface area contributed by atoms with Crippen LogP contribution in [-0.4, -0.2) is 32.7 Å². The van der Waals surface area contributed by atoms with Gasteiger partial charge in [-0.3, -0.25) is 4.79 Å². The molecule has 0 saturated carbocycles. The van der Waals surface area contributed by atoms with Gasteiger partial charge in [-0.15, -0.1) is 0 Å². The van der Waals surface area contributed by atoms with Gasteiger partial charge in [-0.2, -0.15) is 0 Å². The molecule has 2 N–H and O–H groups in total. The quantitative estimate of drug-likeness (QED) is 0.665. The molecule has 0 fully saturated rings. The first-order valence-electron chi connectivity index (χ1n) is 7.08. The average molecular weight is 359 g/mol. The van der Waals surface area contributed by atoms with Crippen LogP contribution in [0.2, 0.25) is 0 Å². The molecule has 0 aliphatic rings. The van der Waals surface area contributed by atoms with Crippen LogP contribution in [0.15, 0.2) is 16.6 Å². The largest absolute Gasteiger partial charge is 0.493 e. The summed E-state index contributed by atoms with van der Waals surface area (Å²) in [6, 6.07) is 3.89. The fourth-order valence-corrected chi connectivity index (χ4v) is 2.41. The molecule has 118 valence electrons. The zero-order valence-corrected chi connectivity index (χ0v) is 14.4. The highest BCUT2D eigenvalue weighted by Crippen LogP contribution is 2.36. The summed E-state index contributed by atoms with van der Waals surface area (Å²) >= 11 is 3.47. The molecule has 0 aliphatic carbocycles. The van der Waals surface area contributed by atoms with Crippen LogP contribution in [0.4, 0.5) is 0 Å². The van der Waals surface area contributed by atoms with Gasteiger partial charge in [0.1, 0.15) is 0 Å². The van der Waals surface area contributed by atoms with E-state index in [1.54, 1.807) is 7.11 Å². The molecule has 21 heavy (non-hydrogen) atoms. The van der Waals surface area contributed by atoms with E-state index in [0.717, 1.165) is 29.5 Å². The minimum atomic E-state index is -0.153. The number of nitrogens with one attached hydrogen (secondary N) is 2. The zero-order valence-electron chi connectivity index (χ0n) is 12.8. The SMILES string of the molecule is CCCNCc1cc(Br)c(OCC(=O)NCC)c(OC)c1. The molecule has 0 radical (unpaired) electrons. The molecule has 6 heteroatoms. The van der Waals surface area contributed by atoms with E-state index in [0.29, 0.717) is 18.0 Å². The number of ether oxygens (including phenoxy) is 2. The third kappa shape index (κ3) is 5.93. The van der Waals surface area contributed by atoms with Crippen molar-refractivity contribution in [1.29, 1.82) is 0 Å². The van der Waals surface area contributed by atoms with Gasteiger partial charge in [0.25, 0.3) is 5.91 Å². The van der Waals surface area contributed by atoms with E-state index in [1.807, 2.05) is 19.1 Å². The van der Waals surface area contributed by atoms with Crippen LogP contribution in [-0.2, 0) is 11.3 Å². The van der Waals surface area contributed by atoms with Gasteiger partial charge in [0, 0.05) is 13.1 Å². The highest BCUT2D eigenvalue weighted by atomic mass is 79.9. The summed E-state index contributed by atoms with van der Waals surface area (Å²) in [4.78, 5) is 11.5. The molecule has 0 saturated heterocycles. The van der Waals surface area contributed by atoms with Gasteiger partial charge in [0.05, 0.1) is 11.6 Å². The fourth-order valence-electron chi connectivity index (χ4n) is 1.81. The van der Waals surface area contributed by atoms with E-state index < -0.39 is 0 Å². The topological polar surface area (TPSA) is 59.6 Å². The maximum atomic E-state index is 11.5. The number of carbonyl (C=O) groups excluding carboxylic acids is 1. The fraction of sp³-hybridized carbons (Fsp3) is 0.533. The minimum Gasteiger partial charge on any atom is -0.493 e. The van der Waals surface area contributed by atoms with Crippen molar-refractivity contribution in [3.8, 4) is 11.5 Å². The average Bonchev–Trinajstić information content (AvgIpc) is 2.46. The van der Waals surface area contributed by atoms with Gasteiger partial charge >= 0.3 is 0 Å². The molecule has 5 nitrogen and oxygen atoms in total. The Bertz CT molecular complexity index is 466. The Labute approximate surface area is 134 Å². The molecular formula is C15H23BrN2O3. The van der Waals surface area contributed by atoms with Gasteiger partial charge in [-0.1, -0.05) is 6.92 Å². The lowest BCUT2D eigenvalue weighted by molar-refractivity contribution is -0.123. The Morgan fingerprint density at radius 1 is 1.33 bits per heavy atom. The number of benzene rings is 1. The van der Waals surface area contributed by atoms with E-state index in [4.69, 9.17) is 9.47 Å². The van der Waals surface area contributed by atoms with E-state index in [2.05, 4.69) is 33.5 Å². The Hall–Kier alpha value is -1.27. The van der Waals surface area contributed by atoms with E-state index in [-0.39, 0.29) is 12.5 Å². The van der Waals surface area contributed by atoms with Crippen molar-refractivity contribution in [3.63, 3.8) is 0 Å². The third-order valence-electron chi connectivity index (χ3n) is 2.77. The maximum Gasteiger partial charge on any atom is 0.257 e. The van der Waals surface area contributed by atoms with Crippen LogP contribution in [0.5, 0.6) is 11.5 Å². The Kier molecular flexibility index (Phi) is 8.15. The smallest absolute Gasteiger partial charge is 0.257 e. The normalized spacial score (nSPS) is 10.3. The van der Waals surface area contributed by atoms with Crippen LogP contribution in [0.25, 0.3) is 0 Å². The molecule has 1 aromatic carbocycles. The second kappa shape index (κ2) is 9.63. The van der Waals surface area contributed by atoms with Gasteiger partial charge in [-0.25, -0.2) is 0 Å². The van der Waals surface area contributed by atoms with Crippen LogP contribution in [0.1, 0.15) is 25.8 Å². The van der Waals surface area contributed by atoms with E-state index in [9.17, 15) is 4.79 Å². The van der Waals surface area contributed by atoms with Crippen LogP contribution < -0.4 is 20.1 Å². The van der Waals surface area contributed by atoms with Crippen molar-refractivity contribution >= 4 is 21.8 Å². The molecule has 0 aromatic heterocycles. The monoisotopic (exact) mass is 358 g/mol. The standard InChI is InChI=1S/C15H23BrN2O3/c1-4-6-17-9-11-7-12(16)15(13(8-11)20-3)21-10-14(19)18-5-2/h7-8,17H,4-6,9-10H2,1-3H3,(H,18,19). The van der Waals surface area contributed by atoms with Crippen molar-refractivity contribution < 1.29 is 14.3 Å². The van der Waals surface area contributed by atoms with Crippen molar-refractivity contribution in [2.45, 2.75) is 26.8 Å². The van der Waals surface area contributed by atoms with Crippen LogP contribution >= 0.6 is 15.9 Å². The number of hydrogen-bond donors (Lipinski definition) is 2. The van der Waals surface area contributed by atoms with Crippen molar-refractivity contribution in [2.75, 3.05) is 26.8 Å². The maximum absolute atomic E-state index is 11.5. The molecule has 0 atom stereocenters. The first kappa shape index (κ1) is 17.8. The first-order chi connectivity index (χ1) is 10.1. The van der Waals surface area contributed by atoms with Gasteiger partial charge in [0.2, 0.25) is 0 Å². The molecule has 1 rings (SSSR count). The second-order valence-electron chi connectivity index (χ2n) is 4.53. The molecular weight excluding hydrogens is 336 g/mol. The Morgan fingerprint density at radius 2 is 2.10 bits per heavy atom. The number of halogens is 1. The third-order valence-corrected chi connectivity index (χ3v) is 3.36. The summed E-state index contributed by atoms with van der Waals surface area (Å²) in [6.07, 6.45) is 1.09. The van der Waals surface area contributed by atoms with E-state index >= 15 is 0 Å². The van der Waals surface area contributed by atoms with Crippen molar-refractivity contribution in [3.05, 3.63) is 22.2 Å². The minimum absolute atomic E-state index is 0.0315. The Balaban J connectivity index is 2.77. The summed E-state index contributed by atoms with van der Waals surface area (Å²) < 4.78 is 11.7. The van der Waals surface area contributed by atoms with Crippen LogP contribution in [0, 0.1) is 0 Å². The summed E-state index contributed by atoms with van der Waals surface area (Å²) in [5.74, 6) is 1.00. The Morgan fingerprint density at radius 3 is 2.71 bits per heavy atom. The predicted molar refractivity (Wildman–Crippen MR) is 86.9 cm³/mol. The van der Waals surface area contributed by atoms with Gasteiger partial charge in [0.15, 0.2) is 18.1 Å². The first-order valence-corrected chi connectivity index (χ1v) is 7.88. The lowest BCUT2D eigenvalue weighted by Crippen LogP contribution is -2.28. The zero-order chi connectivity index (χ0) is 15.7. The van der Waals surface area contributed by atoms with Crippen molar-refractivity contribution in [2.24, 2.45) is 0 Å². The molecule has 1 aromatic rings. The second-order valence-corrected chi connectivity index (χ2v) is 5.38. The highest BCUT2D eigenvalue weighted by molar-refractivity contribution is 9.10. The predicted octanol–water partition coefficient (Wildman–Crippen LogP) is 2.47. The lowest BCUT2D eigenvalue weighted by Gasteiger charge is -2.14. The van der Waals surface area contributed by atoms with E-state index in [1.165, 1.54) is 0 Å². The number of methoxy groups -OCH3 is 1. The number of amides is 1. The summed E-state index contributed by atoms with van der Waals surface area (Å²) in [7, 11) is 1.59. The summed E-state index contributed by atoms with van der Waals surface area (Å²) in [5.41, 5.74) is 1.09. The number of carbonyl (C=O) groups is 1. The molecule has 1 amide bonds. The molecule has 0 aliphatic heterocycles. The lowest BCUT2D eigenvalue weighted by atomic mass is 10.2. The van der Waals surface area contributed by atoms with Crippen LogP contribution in [0.3, 0.4) is 0 Å². The molecule has 0 heterocycles. The molecule has 0 bridgehead atoms. The highest BCUT2D eigenvalue weighted by Gasteiger charge is 2.13. The number of hydrogen-bond acceptors (Lipinski definition) is 4. The molecule has 0 spiro atoms. The summed E-state index contributed by atoms with van der Waals surface area (Å²) in [6.45, 7) is 6.28. The molecule has 0 unspecified atom stereocenters. The number of rotatable bonds is 9. The summed E-state index contributed by atoms with van der Waals surface area (Å²) in [5, 5.41) is 6.02. The van der Waals surface area contributed by atoms with Crippen molar-refractivity contribution in [1.82, 2.24) is 10.6 Å².